The predicted octanol–water partition coefficient (Wildman–Crippen LogP) is 3.31. The van der Waals surface area contributed by atoms with Gasteiger partial charge in [0.1, 0.15) is 0 Å². The molecule has 0 spiro atoms. The summed E-state index contributed by atoms with van der Waals surface area (Å²) in [6.07, 6.45) is 4.50. The summed E-state index contributed by atoms with van der Waals surface area (Å²) in [6, 6.07) is 9.40. The van der Waals surface area contributed by atoms with E-state index >= 15 is 0 Å². The summed E-state index contributed by atoms with van der Waals surface area (Å²) in [5.74, 6) is 0.768. The Morgan fingerprint density at radius 2 is 1.94 bits per heavy atom. The van der Waals surface area contributed by atoms with Crippen LogP contribution in [0.2, 0.25) is 0 Å². The van der Waals surface area contributed by atoms with Crippen LogP contribution in [0.4, 0.5) is 0 Å². The van der Waals surface area contributed by atoms with Crippen LogP contribution in [0.1, 0.15) is 25.3 Å². The minimum absolute atomic E-state index is 0.578. The molecule has 1 aliphatic rings. The van der Waals surface area contributed by atoms with Gasteiger partial charge < -0.3 is 10.1 Å². The SMILES string of the molecule is CSc1ccc(CNC(C)C2CCOCC2)cc1. The minimum Gasteiger partial charge on any atom is -0.381 e. The molecule has 1 aromatic rings. The zero-order chi connectivity index (χ0) is 12.8. The van der Waals surface area contributed by atoms with Gasteiger partial charge in [-0.05, 0) is 49.6 Å². The highest BCUT2D eigenvalue weighted by atomic mass is 32.2. The number of rotatable bonds is 5. The van der Waals surface area contributed by atoms with Crippen LogP contribution in [-0.2, 0) is 11.3 Å². The molecule has 2 rings (SSSR count). The first-order chi connectivity index (χ1) is 8.79. The van der Waals surface area contributed by atoms with Crippen molar-refractivity contribution in [3.8, 4) is 0 Å². The molecule has 1 aromatic carbocycles. The number of hydrogen-bond acceptors (Lipinski definition) is 3. The van der Waals surface area contributed by atoms with Crippen molar-refractivity contribution in [1.82, 2.24) is 5.32 Å². The van der Waals surface area contributed by atoms with E-state index in [-0.39, 0.29) is 0 Å². The molecule has 1 aliphatic heterocycles. The third kappa shape index (κ3) is 4.01. The van der Waals surface area contributed by atoms with Crippen LogP contribution in [0.25, 0.3) is 0 Å². The fraction of sp³-hybridized carbons (Fsp3) is 0.600. The van der Waals surface area contributed by atoms with Crippen molar-refractivity contribution in [2.24, 2.45) is 5.92 Å². The van der Waals surface area contributed by atoms with E-state index in [1.54, 1.807) is 11.8 Å². The Labute approximate surface area is 114 Å². The molecule has 1 N–H and O–H groups in total. The number of nitrogens with one attached hydrogen (secondary N) is 1. The van der Waals surface area contributed by atoms with Crippen molar-refractivity contribution in [3.05, 3.63) is 29.8 Å². The Kier molecular flexibility index (Phi) is 5.54. The molecule has 0 aliphatic carbocycles. The zero-order valence-electron chi connectivity index (χ0n) is 11.3. The van der Waals surface area contributed by atoms with Gasteiger partial charge in [0.25, 0.3) is 0 Å². The third-order valence-corrected chi connectivity index (χ3v) is 4.50. The number of thioether (sulfide) groups is 1. The van der Waals surface area contributed by atoms with Crippen molar-refractivity contribution in [3.63, 3.8) is 0 Å². The molecule has 3 heteroatoms. The topological polar surface area (TPSA) is 21.3 Å². The van der Waals surface area contributed by atoms with Crippen molar-refractivity contribution >= 4 is 11.8 Å². The third-order valence-electron chi connectivity index (χ3n) is 3.76. The quantitative estimate of drug-likeness (QED) is 0.825. The molecule has 0 saturated carbocycles. The molecule has 0 bridgehead atoms. The van der Waals surface area contributed by atoms with Gasteiger partial charge in [-0.25, -0.2) is 0 Å². The Hall–Kier alpha value is -0.510. The van der Waals surface area contributed by atoms with Gasteiger partial charge in [-0.3, -0.25) is 0 Å². The van der Waals surface area contributed by atoms with Crippen LogP contribution in [-0.4, -0.2) is 25.5 Å². The fourth-order valence-corrected chi connectivity index (χ4v) is 2.81. The van der Waals surface area contributed by atoms with Crippen molar-refractivity contribution in [2.75, 3.05) is 19.5 Å². The molecular formula is C15H23NOS. The highest BCUT2D eigenvalue weighted by Gasteiger charge is 2.19. The number of ether oxygens (including phenoxy) is 1. The molecule has 2 nitrogen and oxygen atoms in total. The van der Waals surface area contributed by atoms with Crippen LogP contribution >= 0.6 is 11.8 Å². The van der Waals surface area contributed by atoms with E-state index < -0.39 is 0 Å². The van der Waals surface area contributed by atoms with Gasteiger partial charge in [-0.15, -0.1) is 11.8 Å². The molecule has 0 amide bonds. The second-order valence-electron chi connectivity index (χ2n) is 4.97. The lowest BCUT2D eigenvalue weighted by Crippen LogP contribution is -2.36. The maximum atomic E-state index is 5.41. The van der Waals surface area contributed by atoms with E-state index in [0.29, 0.717) is 6.04 Å². The van der Waals surface area contributed by atoms with Crippen molar-refractivity contribution < 1.29 is 4.74 Å². The largest absolute Gasteiger partial charge is 0.381 e. The second kappa shape index (κ2) is 7.17. The summed E-state index contributed by atoms with van der Waals surface area (Å²) in [7, 11) is 0. The van der Waals surface area contributed by atoms with E-state index in [9.17, 15) is 0 Å². The van der Waals surface area contributed by atoms with Crippen LogP contribution in [0.3, 0.4) is 0 Å². The molecule has 1 heterocycles. The monoisotopic (exact) mass is 265 g/mol. The highest BCUT2D eigenvalue weighted by molar-refractivity contribution is 7.98. The standard InChI is InChI=1S/C15H23NOS/c1-12(14-7-9-17-10-8-14)16-11-13-3-5-15(18-2)6-4-13/h3-6,12,14,16H,7-11H2,1-2H3. The molecule has 1 saturated heterocycles. The van der Waals surface area contributed by atoms with Gasteiger partial charge in [0, 0.05) is 30.7 Å². The summed E-state index contributed by atoms with van der Waals surface area (Å²) < 4.78 is 5.41. The average molecular weight is 265 g/mol. The first kappa shape index (κ1) is 13.9. The first-order valence-corrected chi connectivity index (χ1v) is 7.96. The molecule has 0 radical (unpaired) electrons. The summed E-state index contributed by atoms with van der Waals surface area (Å²) in [4.78, 5) is 1.33. The average Bonchev–Trinajstić information content (AvgIpc) is 2.46. The van der Waals surface area contributed by atoms with Crippen molar-refractivity contribution in [1.29, 1.82) is 0 Å². The van der Waals surface area contributed by atoms with E-state index in [2.05, 4.69) is 42.8 Å². The first-order valence-electron chi connectivity index (χ1n) is 6.73. The van der Waals surface area contributed by atoms with E-state index in [1.807, 2.05) is 0 Å². The minimum atomic E-state index is 0.578. The highest BCUT2D eigenvalue weighted by Crippen LogP contribution is 2.19. The molecule has 1 unspecified atom stereocenters. The van der Waals surface area contributed by atoms with Gasteiger partial charge in [0.05, 0.1) is 0 Å². The Bertz CT molecular complexity index is 346. The van der Waals surface area contributed by atoms with E-state index in [1.165, 1.54) is 23.3 Å². The maximum Gasteiger partial charge on any atom is 0.0469 e. The van der Waals surface area contributed by atoms with Crippen molar-refractivity contribution in [2.45, 2.75) is 37.2 Å². The summed E-state index contributed by atoms with van der Waals surface area (Å²) >= 11 is 1.79. The smallest absolute Gasteiger partial charge is 0.0469 e. The van der Waals surface area contributed by atoms with Crippen LogP contribution in [0.15, 0.2) is 29.2 Å². The predicted molar refractivity (Wildman–Crippen MR) is 78.1 cm³/mol. The Balaban J connectivity index is 1.78. The lowest BCUT2D eigenvalue weighted by molar-refractivity contribution is 0.0558. The van der Waals surface area contributed by atoms with Crippen LogP contribution in [0.5, 0.6) is 0 Å². The molecule has 0 aromatic heterocycles. The second-order valence-corrected chi connectivity index (χ2v) is 5.85. The summed E-state index contributed by atoms with van der Waals surface area (Å²) in [6.45, 7) is 5.12. The lowest BCUT2D eigenvalue weighted by atomic mass is 9.93. The molecule has 1 fully saturated rings. The van der Waals surface area contributed by atoms with Gasteiger partial charge in [-0.2, -0.15) is 0 Å². The Morgan fingerprint density at radius 3 is 2.56 bits per heavy atom. The molecule has 1 atom stereocenters. The summed E-state index contributed by atoms with van der Waals surface area (Å²) in [5.41, 5.74) is 1.37. The normalized spacial score (nSPS) is 18.8. The van der Waals surface area contributed by atoms with Gasteiger partial charge in [-0.1, -0.05) is 12.1 Å². The van der Waals surface area contributed by atoms with Gasteiger partial charge in [0.15, 0.2) is 0 Å². The van der Waals surface area contributed by atoms with Gasteiger partial charge in [0.2, 0.25) is 0 Å². The van der Waals surface area contributed by atoms with Gasteiger partial charge >= 0.3 is 0 Å². The van der Waals surface area contributed by atoms with E-state index in [0.717, 1.165) is 25.7 Å². The molecular weight excluding hydrogens is 242 g/mol. The zero-order valence-corrected chi connectivity index (χ0v) is 12.1. The Morgan fingerprint density at radius 1 is 1.28 bits per heavy atom. The van der Waals surface area contributed by atoms with Crippen LogP contribution < -0.4 is 5.32 Å². The fourth-order valence-electron chi connectivity index (χ4n) is 2.40. The number of benzene rings is 1. The molecule has 100 valence electrons. The van der Waals surface area contributed by atoms with Crippen LogP contribution in [0, 0.1) is 5.92 Å². The number of hydrogen-bond donors (Lipinski definition) is 1. The lowest BCUT2D eigenvalue weighted by Gasteiger charge is -2.28. The molecule has 18 heavy (non-hydrogen) atoms. The van der Waals surface area contributed by atoms with E-state index in [4.69, 9.17) is 4.74 Å². The summed E-state index contributed by atoms with van der Waals surface area (Å²) in [5, 5.41) is 3.64. The maximum absolute atomic E-state index is 5.41.